The maximum absolute atomic E-state index is 12.5. The molecule has 112 valence electrons. The van der Waals surface area contributed by atoms with Crippen molar-refractivity contribution in [3.05, 3.63) is 29.8 Å². The van der Waals surface area contributed by atoms with Crippen LogP contribution in [0.2, 0.25) is 0 Å². The Morgan fingerprint density at radius 2 is 2.00 bits per heavy atom. The molecule has 0 unspecified atom stereocenters. The molecule has 2 aliphatic heterocycles. The molecule has 1 aromatic rings. The topological polar surface area (TPSA) is 41.6 Å². The van der Waals surface area contributed by atoms with Crippen molar-refractivity contribution in [3.8, 4) is 5.75 Å². The number of nitrogens with zero attached hydrogens (tertiary/aromatic N) is 1. The van der Waals surface area contributed by atoms with Gasteiger partial charge in [0.2, 0.25) is 5.91 Å². The van der Waals surface area contributed by atoms with E-state index in [-0.39, 0.29) is 5.66 Å². The summed E-state index contributed by atoms with van der Waals surface area (Å²) >= 11 is 0. The molecule has 1 aromatic carbocycles. The summed E-state index contributed by atoms with van der Waals surface area (Å²) in [6.07, 6.45) is 6.38. The molecule has 0 radical (unpaired) electrons. The van der Waals surface area contributed by atoms with Gasteiger partial charge in [-0.2, -0.15) is 0 Å². The summed E-state index contributed by atoms with van der Waals surface area (Å²) in [5.41, 5.74) is 0.923. The molecule has 2 heterocycles. The van der Waals surface area contributed by atoms with Gasteiger partial charge in [-0.1, -0.05) is 25.0 Å². The highest BCUT2D eigenvalue weighted by atomic mass is 16.5. The minimum Gasteiger partial charge on any atom is -0.497 e. The minimum absolute atomic E-state index is 0.275. The number of fused-ring (bicyclic) bond motifs is 3. The molecule has 1 N–H and O–H groups in total. The summed E-state index contributed by atoms with van der Waals surface area (Å²) < 4.78 is 5.26. The number of methoxy groups -OCH3 is 1. The summed E-state index contributed by atoms with van der Waals surface area (Å²) in [6, 6.07) is 9.05. The number of carbonyl (C=O) groups is 1. The molecule has 0 spiro atoms. The van der Waals surface area contributed by atoms with E-state index in [9.17, 15) is 4.79 Å². The van der Waals surface area contributed by atoms with E-state index >= 15 is 0 Å². The van der Waals surface area contributed by atoms with Crippen molar-refractivity contribution in [2.24, 2.45) is 0 Å². The zero-order valence-electron chi connectivity index (χ0n) is 12.5. The van der Waals surface area contributed by atoms with Crippen molar-refractivity contribution < 1.29 is 9.53 Å². The van der Waals surface area contributed by atoms with Gasteiger partial charge in [-0.05, 0) is 37.0 Å². The molecule has 2 saturated heterocycles. The van der Waals surface area contributed by atoms with Crippen molar-refractivity contribution >= 4 is 5.91 Å². The summed E-state index contributed by atoms with van der Waals surface area (Å²) in [5, 5.41) is 3.82. The average molecular weight is 286 g/mol. The van der Waals surface area contributed by atoms with E-state index in [0.29, 0.717) is 24.4 Å². The molecule has 1 saturated carbocycles. The predicted octanol–water partition coefficient (Wildman–Crippen LogP) is 2.38. The Kier molecular flexibility index (Phi) is 2.96. The van der Waals surface area contributed by atoms with Crippen LogP contribution in [0.5, 0.6) is 5.75 Å². The normalized spacial score (nSPS) is 34.7. The number of hydrogen-bond donors (Lipinski definition) is 1. The number of carbonyl (C=O) groups excluding carboxylic acids is 1. The number of hydrogen-bond acceptors (Lipinski definition) is 3. The van der Waals surface area contributed by atoms with Crippen molar-refractivity contribution in [1.82, 2.24) is 10.2 Å². The summed E-state index contributed by atoms with van der Waals surface area (Å²) in [5.74, 6) is 1.18. The van der Waals surface area contributed by atoms with Crippen molar-refractivity contribution in [3.63, 3.8) is 0 Å². The maximum atomic E-state index is 12.5. The number of benzene rings is 1. The van der Waals surface area contributed by atoms with Gasteiger partial charge in [-0.3, -0.25) is 10.1 Å². The Balaban J connectivity index is 1.74. The highest BCUT2D eigenvalue weighted by molar-refractivity contribution is 5.81. The molecule has 1 amide bonds. The van der Waals surface area contributed by atoms with Gasteiger partial charge in [-0.25, -0.2) is 0 Å². The third-order valence-electron chi connectivity index (χ3n) is 5.43. The van der Waals surface area contributed by atoms with Gasteiger partial charge < -0.3 is 9.64 Å². The van der Waals surface area contributed by atoms with Crippen LogP contribution in [0.1, 0.15) is 44.1 Å². The highest BCUT2D eigenvalue weighted by Gasteiger charge is 2.57. The van der Waals surface area contributed by atoms with Gasteiger partial charge >= 0.3 is 0 Å². The largest absolute Gasteiger partial charge is 0.497 e. The lowest BCUT2D eigenvalue weighted by Crippen LogP contribution is -2.47. The van der Waals surface area contributed by atoms with E-state index in [1.54, 1.807) is 7.11 Å². The molecule has 1 aliphatic carbocycles. The molecule has 0 aromatic heterocycles. The summed E-state index contributed by atoms with van der Waals surface area (Å²) in [4.78, 5) is 14.6. The molecule has 0 bridgehead atoms. The smallest absolute Gasteiger partial charge is 0.224 e. The second kappa shape index (κ2) is 4.73. The lowest BCUT2D eigenvalue weighted by molar-refractivity contribution is -0.132. The fourth-order valence-corrected chi connectivity index (χ4v) is 4.48. The van der Waals surface area contributed by atoms with Gasteiger partial charge in [0.15, 0.2) is 0 Å². The SMILES string of the molecule is COc1ccc([C@@]23CCC(=O)N2[C@H]2CCCC[C@@H]2N3)cc1. The number of rotatable bonds is 2. The van der Waals surface area contributed by atoms with Gasteiger partial charge in [0.25, 0.3) is 0 Å². The molecule has 4 heteroatoms. The number of ether oxygens (including phenoxy) is 1. The fraction of sp³-hybridized carbons (Fsp3) is 0.588. The minimum atomic E-state index is -0.275. The molecule has 4 rings (SSSR count). The van der Waals surface area contributed by atoms with E-state index < -0.39 is 0 Å². The van der Waals surface area contributed by atoms with E-state index in [1.165, 1.54) is 24.8 Å². The van der Waals surface area contributed by atoms with Gasteiger partial charge in [0.1, 0.15) is 11.4 Å². The first-order chi connectivity index (χ1) is 10.2. The van der Waals surface area contributed by atoms with Crippen LogP contribution in [-0.4, -0.2) is 30.0 Å². The van der Waals surface area contributed by atoms with Crippen LogP contribution in [0.3, 0.4) is 0 Å². The zero-order chi connectivity index (χ0) is 14.4. The maximum Gasteiger partial charge on any atom is 0.224 e. The van der Waals surface area contributed by atoms with Gasteiger partial charge in [0.05, 0.1) is 7.11 Å². The second-order valence-corrected chi connectivity index (χ2v) is 6.46. The van der Waals surface area contributed by atoms with E-state index in [2.05, 4.69) is 22.3 Å². The first-order valence-electron chi connectivity index (χ1n) is 7.99. The van der Waals surface area contributed by atoms with Crippen LogP contribution < -0.4 is 10.1 Å². The lowest BCUT2D eigenvalue weighted by atomic mass is 9.91. The predicted molar refractivity (Wildman–Crippen MR) is 79.9 cm³/mol. The third-order valence-corrected chi connectivity index (χ3v) is 5.43. The van der Waals surface area contributed by atoms with Gasteiger partial charge in [-0.15, -0.1) is 0 Å². The standard InChI is InChI=1S/C17H22N2O2/c1-21-13-8-6-12(7-9-13)17-11-10-16(20)19(17)15-5-3-2-4-14(15)18-17/h6-9,14-15,18H,2-5,10-11H2,1H3/t14-,15-,17+/m0/s1. The first kappa shape index (κ1) is 13.1. The monoisotopic (exact) mass is 286 g/mol. The molecule has 3 fully saturated rings. The van der Waals surface area contributed by atoms with Crippen LogP contribution in [0, 0.1) is 0 Å². The Morgan fingerprint density at radius 3 is 2.76 bits per heavy atom. The number of nitrogens with one attached hydrogen (secondary N) is 1. The van der Waals surface area contributed by atoms with Crippen LogP contribution in [-0.2, 0) is 10.5 Å². The Morgan fingerprint density at radius 1 is 1.24 bits per heavy atom. The second-order valence-electron chi connectivity index (χ2n) is 6.46. The highest BCUT2D eigenvalue weighted by Crippen LogP contribution is 2.47. The Bertz CT molecular complexity index is 556. The average Bonchev–Trinajstić information content (AvgIpc) is 3.03. The third kappa shape index (κ3) is 1.81. The van der Waals surface area contributed by atoms with Crippen molar-refractivity contribution in [2.75, 3.05) is 7.11 Å². The summed E-state index contributed by atoms with van der Waals surface area (Å²) in [6.45, 7) is 0. The van der Waals surface area contributed by atoms with Crippen LogP contribution >= 0.6 is 0 Å². The fourth-order valence-electron chi connectivity index (χ4n) is 4.48. The quantitative estimate of drug-likeness (QED) is 0.907. The molecule has 3 atom stereocenters. The van der Waals surface area contributed by atoms with Gasteiger partial charge in [0, 0.05) is 18.5 Å². The van der Waals surface area contributed by atoms with Crippen LogP contribution in [0.15, 0.2) is 24.3 Å². The van der Waals surface area contributed by atoms with Crippen LogP contribution in [0.4, 0.5) is 0 Å². The van der Waals surface area contributed by atoms with E-state index in [1.807, 2.05) is 12.1 Å². The molecule has 4 nitrogen and oxygen atoms in total. The molecule has 3 aliphatic rings. The molecular formula is C17H22N2O2. The van der Waals surface area contributed by atoms with E-state index in [0.717, 1.165) is 18.6 Å². The molecular weight excluding hydrogens is 264 g/mol. The zero-order valence-corrected chi connectivity index (χ0v) is 12.5. The Labute approximate surface area is 125 Å². The molecule has 21 heavy (non-hydrogen) atoms. The van der Waals surface area contributed by atoms with E-state index in [4.69, 9.17) is 4.74 Å². The first-order valence-corrected chi connectivity index (χ1v) is 7.99. The van der Waals surface area contributed by atoms with Crippen molar-refractivity contribution in [2.45, 2.75) is 56.3 Å². The lowest BCUT2D eigenvalue weighted by Gasteiger charge is -2.35. The van der Waals surface area contributed by atoms with Crippen LogP contribution in [0.25, 0.3) is 0 Å². The number of amides is 1. The summed E-state index contributed by atoms with van der Waals surface area (Å²) in [7, 11) is 1.68. The van der Waals surface area contributed by atoms with Crippen molar-refractivity contribution in [1.29, 1.82) is 0 Å². The Hall–Kier alpha value is -1.55.